The number of hydrogen-bond acceptors (Lipinski definition) is 8. The van der Waals surface area contributed by atoms with Crippen molar-refractivity contribution in [2.75, 3.05) is 19.4 Å². The molecule has 4 rings (SSSR count). The Balaban J connectivity index is 1.66. The van der Waals surface area contributed by atoms with E-state index in [0.717, 1.165) is 27.1 Å². The number of aromatic amines is 1. The third-order valence-electron chi connectivity index (χ3n) is 5.23. The van der Waals surface area contributed by atoms with Crippen molar-refractivity contribution in [2.45, 2.75) is 43.8 Å². The number of fused-ring (bicyclic) bond motifs is 1. The number of carbonyl (C=O) groups excluding carboxylic acids is 1. The predicted octanol–water partition coefficient (Wildman–Crippen LogP) is 3.51. The number of nitrogens with zero attached hydrogens (tertiary/aromatic N) is 5. The van der Waals surface area contributed by atoms with Gasteiger partial charge in [0.15, 0.2) is 22.1 Å². The Morgan fingerprint density at radius 2 is 2.09 bits per heavy atom. The lowest BCUT2D eigenvalue weighted by molar-refractivity contribution is -0.128. The minimum Gasteiger partial charge on any atom is -0.497 e. The van der Waals surface area contributed by atoms with Gasteiger partial charge >= 0.3 is 0 Å². The van der Waals surface area contributed by atoms with E-state index in [1.54, 1.807) is 13.3 Å². The molecule has 0 aliphatic rings. The van der Waals surface area contributed by atoms with Crippen molar-refractivity contribution in [1.82, 2.24) is 35.0 Å². The summed E-state index contributed by atoms with van der Waals surface area (Å²) in [6.07, 6.45) is 3.86. The number of aryl methyl sites for hydroxylation is 1. The van der Waals surface area contributed by atoms with E-state index in [2.05, 4.69) is 25.5 Å². The standard InChI is InChI=1S/C23H28N8O2S/c1-23(2,3)21(32)25-9-5-11-31-20-18(19(24)26-13-27-20)29-22(31)34-17-12-14(33-4)6-7-15(17)16-8-10-28-30-16/h6-8,10,12-13H,5,9,11H2,1-4H3,(H,25,32)(H,28,30)(H2,24,26,27). The minimum atomic E-state index is -0.431. The van der Waals surface area contributed by atoms with E-state index < -0.39 is 5.41 Å². The van der Waals surface area contributed by atoms with Gasteiger partial charge in [0.25, 0.3) is 0 Å². The third-order valence-corrected chi connectivity index (χ3v) is 6.28. The molecule has 1 amide bonds. The zero-order valence-electron chi connectivity index (χ0n) is 19.6. The molecule has 0 fully saturated rings. The molecule has 178 valence electrons. The van der Waals surface area contributed by atoms with Gasteiger partial charge in [-0.05, 0) is 30.7 Å². The normalized spacial score (nSPS) is 11.6. The maximum absolute atomic E-state index is 12.2. The molecule has 0 spiro atoms. The first-order valence-electron chi connectivity index (χ1n) is 10.9. The highest BCUT2D eigenvalue weighted by molar-refractivity contribution is 7.99. The number of nitrogens with two attached hydrogens (primary N) is 1. The number of imidazole rings is 1. The van der Waals surface area contributed by atoms with E-state index >= 15 is 0 Å². The fourth-order valence-electron chi connectivity index (χ4n) is 3.36. The summed E-state index contributed by atoms with van der Waals surface area (Å²) in [6.45, 7) is 6.82. The van der Waals surface area contributed by atoms with Gasteiger partial charge in [-0.15, -0.1) is 0 Å². The molecular formula is C23H28N8O2S. The first-order chi connectivity index (χ1) is 16.3. The van der Waals surface area contributed by atoms with Crippen LogP contribution in [0.3, 0.4) is 0 Å². The van der Waals surface area contributed by atoms with Crippen LogP contribution in [0, 0.1) is 5.41 Å². The Kier molecular flexibility index (Phi) is 6.73. The SMILES string of the molecule is COc1ccc(-c2ccn[nH]2)c(Sc2nc3c(N)ncnc3n2CCCNC(=O)C(C)(C)C)c1. The zero-order chi connectivity index (χ0) is 24.3. The van der Waals surface area contributed by atoms with Crippen molar-refractivity contribution in [1.29, 1.82) is 0 Å². The molecule has 0 saturated carbocycles. The van der Waals surface area contributed by atoms with Gasteiger partial charge in [0.1, 0.15) is 12.1 Å². The topological polar surface area (TPSA) is 137 Å². The highest BCUT2D eigenvalue weighted by Gasteiger charge is 2.21. The molecular weight excluding hydrogens is 452 g/mol. The smallest absolute Gasteiger partial charge is 0.225 e. The van der Waals surface area contributed by atoms with Crippen molar-refractivity contribution in [3.63, 3.8) is 0 Å². The van der Waals surface area contributed by atoms with Crippen LogP contribution < -0.4 is 15.8 Å². The number of aromatic nitrogens is 6. The molecule has 4 N–H and O–H groups in total. The van der Waals surface area contributed by atoms with E-state index in [1.165, 1.54) is 18.1 Å². The number of anilines is 1. The number of hydrogen-bond donors (Lipinski definition) is 3. The zero-order valence-corrected chi connectivity index (χ0v) is 20.4. The predicted molar refractivity (Wildman–Crippen MR) is 132 cm³/mol. The van der Waals surface area contributed by atoms with Crippen molar-refractivity contribution >= 4 is 34.7 Å². The molecule has 34 heavy (non-hydrogen) atoms. The van der Waals surface area contributed by atoms with Crippen LogP contribution >= 0.6 is 11.8 Å². The Hall–Kier alpha value is -3.60. The number of H-pyrrole nitrogens is 1. The number of nitrogens with one attached hydrogen (secondary N) is 2. The van der Waals surface area contributed by atoms with Crippen LogP contribution in [0.2, 0.25) is 0 Å². The molecule has 0 aliphatic heterocycles. The van der Waals surface area contributed by atoms with Crippen LogP contribution in [-0.4, -0.2) is 49.3 Å². The molecule has 0 saturated heterocycles. The quantitative estimate of drug-likeness (QED) is 0.326. The lowest BCUT2D eigenvalue weighted by Gasteiger charge is -2.17. The molecule has 0 radical (unpaired) electrons. The minimum absolute atomic E-state index is 0.0183. The molecule has 0 aliphatic carbocycles. The number of methoxy groups -OCH3 is 1. The number of ether oxygens (including phenoxy) is 1. The number of carbonyl (C=O) groups is 1. The molecule has 11 heteroatoms. The van der Waals surface area contributed by atoms with Gasteiger partial charge in [0, 0.05) is 35.2 Å². The maximum atomic E-state index is 12.2. The van der Waals surface area contributed by atoms with Gasteiger partial charge in [-0.3, -0.25) is 9.89 Å². The molecule has 3 aromatic heterocycles. The highest BCUT2D eigenvalue weighted by Crippen LogP contribution is 2.38. The van der Waals surface area contributed by atoms with Crippen LogP contribution in [-0.2, 0) is 11.3 Å². The molecule has 10 nitrogen and oxygen atoms in total. The van der Waals surface area contributed by atoms with Gasteiger partial charge in [-0.2, -0.15) is 5.10 Å². The molecule has 0 atom stereocenters. The summed E-state index contributed by atoms with van der Waals surface area (Å²) >= 11 is 1.49. The van der Waals surface area contributed by atoms with Crippen LogP contribution in [0.4, 0.5) is 5.82 Å². The van der Waals surface area contributed by atoms with E-state index in [1.807, 2.05) is 49.6 Å². The largest absolute Gasteiger partial charge is 0.497 e. The van der Waals surface area contributed by atoms with E-state index in [-0.39, 0.29) is 5.91 Å². The molecule has 0 unspecified atom stereocenters. The van der Waals surface area contributed by atoms with Crippen molar-refractivity contribution < 1.29 is 9.53 Å². The molecule has 1 aromatic carbocycles. The number of nitrogen functional groups attached to an aromatic ring is 1. The summed E-state index contributed by atoms with van der Waals surface area (Å²) in [6, 6.07) is 7.77. The van der Waals surface area contributed by atoms with Crippen LogP contribution in [0.25, 0.3) is 22.4 Å². The third kappa shape index (κ3) is 4.98. The van der Waals surface area contributed by atoms with E-state index in [4.69, 9.17) is 15.5 Å². The van der Waals surface area contributed by atoms with Crippen molar-refractivity contribution in [3.8, 4) is 17.0 Å². The van der Waals surface area contributed by atoms with Gasteiger partial charge in [0.05, 0.1) is 12.8 Å². The lowest BCUT2D eigenvalue weighted by atomic mass is 9.96. The number of rotatable bonds is 8. The van der Waals surface area contributed by atoms with Crippen LogP contribution in [0.1, 0.15) is 27.2 Å². The van der Waals surface area contributed by atoms with E-state index in [9.17, 15) is 4.79 Å². The van der Waals surface area contributed by atoms with Crippen molar-refractivity contribution in [2.24, 2.45) is 5.41 Å². The monoisotopic (exact) mass is 480 g/mol. The summed E-state index contributed by atoms with van der Waals surface area (Å²) in [5, 5.41) is 10.8. The van der Waals surface area contributed by atoms with Crippen LogP contribution in [0.5, 0.6) is 5.75 Å². The van der Waals surface area contributed by atoms with Gasteiger partial charge < -0.3 is 20.4 Å². The molecule has 4 aromatic rings. The molecule has 3 heterocycles. The van der Waals surface area contributed by atoms with Gasteiger partial charge in [-0.1, -0.05) is 32.5 Å². The lowest BCUT2D eigenvalue weighted by Crippen LogP contribution is -2.35. The second-order valence-corrected chi connectivity index (χ2v) is 9.78. The number of benzene rings is 1. The van der Waals surface area contributed by atoms with Crippen molar-refractivity contribution in [3.05, 3.63) is 36.8 Å². The summed E-state index contributed by atoms with van der Waals surface area (Å²) in [5.41, 5.74) is 8.73. The average molecular weight is 481 g/mol. The Bertz CT molecular complexity index is 1290. The van der Waals surface area contributed by atoms with E-state index in [0.29, 0.717) is 36.5 Å². The summed E-state index contributed by atoms with van der Waals surface area (Å²) < 4.78 is 7.46. The fourth-order valence-corrected chi connectivity index (χ4v) is 4.44. The average Bonchev–Trinajstić information content (AvgIpc) is 3.45. The van der Waals surface area contributed by atoms with Crippen LogP contribution in [0.15, 0.2) is 46.8 Å². The van der Waals surface area contributed by atoms with Gasteiger partial charge in [0.2, 0.25) is 5.91 Å². The highest BCUT2D eigenvalue weighted by atomic mass is 32.2. The number of amides is 1. The first kappa shape index (κ1) is 23.6. The first-order valence-corrected chi connectivity index (χ1v) is 11.7. The summed E-state index contributed by atoms with van der Waals surface area (Å²) in [4.78, 5) is 26.4. The van der Waals surface area contributed by atoms with Gasteiger partial charge in [-0.25, -0.2) is 15.0 Å². The second kappa shape index (κ2) is 9.72. The summed E-state index contributed by atoms with van der Waals surface area (Å²) in [5.74, 6) is 1.08. The molecule has 0 bridgehead atoms. The Labute approximate surface area is 201 Å². The second-order valence-electron chi connectivity index (χ2n) is 8.77. The Morgan fingerprint density at radius 3 is 2.79 bits per heavy atom. The maximum Gasteiger partial charge on any atom is 0.225 e. The Morgan fingerprint density at radius 1 is 1.26 bits per heavy atom. The fraction of sp³-hybridized carbons (Fsp3) is 0.348. The summed E-state index contributed by atoms with van der Waals surface area (Å²) in [7, 11) is 1.64.